The standard InChI is InChI=1S/C10H13Cl2N3O/c1-14-9(16)5-15(2)10-7(11)3-6(13)4-8(10)12/h3-4H,5,13H2,1-2H3,(H,14,16). The SMILES string of the molecule is CNC(=O)CN(C)c1c(Cl)cc(N)cc1Cl. The van der Waals surface area contributed by atoms with E-state index in [0.29, 0.717) is 21.4 Å². The number of nitrogens with zero attached hydrogens (tertiary/aromatic N) is 1. The van der Waals surface area contributed by atoms with Crippen LogP contribution in [0.1, 0.15) is 0 Å². The van der Waals surface area contributed by atoms with E-state index in [0.717, 1.165) is 0 Å². The number of hydrogen-bond acceptors (Lipinski definition) is 3. The third-order valence-corrected chi connectivity index (χ3v) is 2.66. The van der Waals surface area contributed by atoms with Gasteiger partial charge in [-0.25, -0.2) is 0 Å². The Balaban J connectivity index is 2.99. The van der Waals surface area contributed by atoms with Gasteiger partial charge in [0, 0.05) is 19.8 Å². The second kappa shape index (κ2) is 5.27. The molecule has 0 aromatic heterocycles. The lowest BCUT2D eigenvalue weighted by atomic mass is 10.2. The van der Waals surface area contributed by atoms with E-state index in [9.17, 15) is 4.79 Å². The highest BCUT2D eigenvalue weighted by Crippen LogP contribution is 2.35. The second-order valence-electron chi connectivity index (χ2n) is 3.36. The quantitative estimate of drug-likeness (QED) is 0.816. The van der Waals surface area contributed by atoms with E-state index in [1.54, 1.807) is 31.1 Å². The van der Waals surface area contributed by atoms with Crippen molar-refractivity contribution < 1.29 is 4.79 Å². The molecule has 1 aromatic rings. The van der Waals surface area contributed by atoms with Gasteiger partial charge in [-0.1, -0.05) is 23.2 Å². The molecule has 0 aliphatic rings. The summed E-state index contributed by atoms with van der Waals surface area (Å²) in [5.74, 6) is -0.119. The first-order chi connectivity index (χ1) is 7.45. The molecule has 88 valence electrons. The van der Waals surface area contributed by atoms with Crippen molar-refractivity contribution in [2.45, 2.75) is 0 Å². The lowest BCUT2D eigenvalue weighted by molar-refractivity contribution is -0.119. The normalized spacial score (nSPS) is 10.0. The van der Waals surface area contributed by atoms with Crippen LogP contribution >= 0.6 is 23.2 Å². The zero-order valence-electron chi connectivity index (χ0n) is 9.05. The summed E-state index contributed by atoms with van der Waals surface area (Å²) in [5.41, 5.74) is 6.68. The summed E-state index contributed by atoms with van der Waals surface area (Å²) in [6, 6.07) is 3.20. The number of nitrogens with one attached hydrogen (secondary N) is 1. The number of rotatable bonds is 3. The Hall–Kier alpha value is -1.13. The van der Waals surface area contributed by atoms with Gasteiger partial charge in [0.1, 0.15) is 0 Å². The predicted octanol–water partition coefficient (Wildman–Crippen LogP) is 1.76. The average molecular weight is 262 g/mol. The molecule has 16 heavy (non-hydrogen) atoms. The Morgan fingerprint density at radius 3 is 2.38 bits per heavy atom. The number of amides is 1. The highest BCUT2D eigenvalue weighted by atomic mass is 35.5. The zero-order valence-corrected chi connectivity index (χ0v) is 10.6. The molecule has 0 atom stereocenters. The van der Waals surface area contributed by atoms with Crippen LogP contribution in [0.4, 0.5) is 11.4 Å². The van der Waals surface area contributed by atoms with Crippen LogP contribution in [0.15, 0.2) is 12.1 Å². The summed E-state index contributed by atoms with van der Waals surface area (Å²) in [7, 11) is 3.31. The van der Waals surface area contributed by atoms with Crippen molar-refractivity contribution in [1.82, 2.24) is 5.32 Å². The third-order valence-electron chi connectivity index (χ3n) is 2.08. The maximum atomic E-state index is 11.2. The van der Waals surface area contributed by atoms with E-state index in [-0.39, 0.29) is 12.5 Å². The van der Waals surface area contributed by atoms with E-state index in [1.807, 2.05) is 0 Å². The highest BCUT2D eigenvalue weighted by Gasteiger charge is 2.14. The number of hydrogen-bond donors (Lipinski definition) is 2. The van der Waals surface area contributed by atoms with Gasteiger partial charge in [0.15, 0.2) is 0 Å². The Labute approximate surface area is 104 Å². The lowest BCUT2D eigenvalue weighted by Crippen LogP contribution is -2.33. The molecule has 0 aliphatic carbocycles. The molecular weight excluding hydrogens is 249 g/mol. The molecule has 6 heteroatoms. The van der Waals surface area contributed by atoms with Crippen LogP contribution in [0.3, 0.4) is 0 Å². The minimum atomic E-state index is -0.119. The molecule has 3 N–H and O–H groups in total. The average Bonchev–Trinajstić information content (AvgIpc) is 2.15. The van der Waals surface area contributed by atoms with Crippen molar-refractivity contribution in [1.29, 1.82) is 0 Å². The maximum absolute atomic E-state index is 11.2. The molecule has 0 spiro atoms. The summed E-state index contributed by atoms with van der Waals surface area (Å²) in [6.07, 6.45) is 0. The minimum absolute atomic E-state index is 0.119. The number of carbonyl (C=O) groups is 1. The van der Waals surface area contributed by atoms with Crippen LogP contribution in [-0.2, 0) is 4.79 Å². The van der Waals surface area contributed by atoms with Crippen molar-refractivity contribution in [3.05, 3.63) is 22.2 Å². The number of anilines is 2. The molecule has 0 heterocycles. The van der Waals surface area contributed by atoms with Gasteiger partial charge < -0.3 is 16.0 Å². The Bertz CT molecular complexity index is 386. The molecule has 0 fully saturated rings. The fraction of sp³-hybridized carbons (Fsp3) is 0.300. The first-order valence-electron chi connectivity index (χ1n) is 4.62. The minimum Gasteiger partial charge on any atom is -0.399 e. The molecule has 0 aliphatic heterocycles. The van der Waals surface area contributed by atoms with Crippen molar-refractivity contribution in [2.24, 2.45) is 0 Å². The molecule has 0 unspecified atom stereocenters. The highest BCUT2D eigenvalue weighted by molar-refractivity contribution is 6.39. The van der Waals surface area contributed by atoms with Gasteiger partial charge in [0.2, 0.25) is 5.91 Å². The summed E-state index contributed by atoms with van der Waals surface area (Å²) >= 11 is 12.0. The van der Waals surface area contributed by atoms with Gasteiger partial charge in [-0.3, -0.25) is 4.79 Å². The van der Waals surface area contributed by atoms with Crippen molar-refractivity contribution in [2.75, 3.05) is 31.3 Å². The first-order valence-corrected chi connectivity index (χ1v) is 5.37. The van der Waals surface area contributed by atoms with Gasteiger partial charge in [0.25, 0.3) is 0 Å². The van der Waals surface area contributed by atoms with Gasteiger partial charge >= 0.3 is 0 Å². The van der Waals surface area contributed by atoms with E-state index >= 15 is 0 Å². The first kappa shape index (κ1) is 12.9. The summed E-state index contributed by atoms with van der Waals surface area (Å²) in [5, 5.41) is 3.38. The number of nitrogen functional groups attached to an aromatic ring is 1. The molecule has 0 bridgehead atoms. The second-order valence-corrected chi connectivity index (χ2v) is 4.18. The van der Waals surface area contributed by atoms with E-state index < -0.39 is 0 Å². The van der Waals surface area contributed by atoms with Crippen LogP contribution < -0.4 is 16.0 Å². The molecule has 1 rings (SSSR count). The van der Waals surface area contributed by atoms with Crippen LogP contribution in [0.2, 0.25) is 10.0 Å². The monoisotopic (exact) mass is 261 g/mol. The van der Waals surface area contributed by atoms with Crippen LogP contribution in [-0.4, -0.2) is 26.5 Å². The smallest absolute Gasteiger partial charge is 0.239 e. The zero-order chi connectivity index (χ0) is 12.3. The molecule has 0 saturated heterocycles. The third kappa shape index (κ3) is 2.93. The molecule has 0 saturated carbocycles. The Morgan fingerprint density at radius 2 is 1.94 bits per heavy atom. The predicted molar refractivity (Wildman–Crippen MR) is 68.2 cm³/mol. The number of nitrogens with two attached hydrogens (primary N) is 1. The van der Waals surface area contributed by atoms with Crippen molar-refractivity contribution in [3.63, 3.8) is 0 Å². The summed E-state index contributed by atoms with van der Waals surface area (Å²) < 4.78 is 0. The van der Waals surface area contributed by atoms with Crippen LogP contribution in [0, 0.1) is 0 Å². The number of likely N-dealkylation sites (N-methyl/N-ethyl adjacent to an activating group) is 2. The van der Waals surface area contributed by atoms with E-state index in [4.69, 9.17) is 28.9 Å². The molecule has 1 amide bonds. The van der Waals surface area contributed by atoms with Gasteiger partial charge in [-0.05, 0) is 12.1 Å². The fourth-order valence-corrected chi connectivity index (χ4v) is 2.12. The molecule has 4 nitrogen and oxygen atoms in total. The molecule has 1 aromatic carbocycles. The van der Waals surface area contributed by atoms with Gasteiger partial charge in [0.05, 0.1) is 22.3 Å². The van der Waals surface area contributed by atoms with Crippen LogP contribution in [0.25, 0.3) is 0 Å². The fourth-order valence-electron chi connectivity index (χ4n) is 1.32. The lowest BCUT2D eigenvalue weighted by Gasteiger charge is -2.21. The number of benzene rings is 1. The number of carbonyl (C=O) groups excluding carboxylic acids is 1. The largest absolute Gasteiger partial charge is 0.399 e. The van der Waals surface area contributed by atoms with Crippen molar-refractivity contribution in [3.8, 4) is 0 Å². The van der Waals surface area contributed by atoms with Gasteiger partial charge in [-0.2, -0.15) is 0 Å². The van der Waals surface area contributed by atoms with Crippen LogP contribution in [0.5, 0.6) is 0 Å². The molecule has 0 radical (unpaired) electrons. The van der Waals surface area contributed by atoms with Gasteiger partial charge in [-0.15, -0.1) is 0 Å². The molecular formula is C10H13Cl2N3O. The maximum Gasteiger partial charge on any atom is 0.239 e. The topological polar surface area (TPSA) is 58.4 Å². The van der Waals surface area contributed by atoms with E-state index in [1.165, 1.54) is 0 Å². The summed E-state index contributed by atoms with van der Waals surface area (Å²) in [4.78, 5) is 12.9. The van der Waals surface area contributed by atoms with E-state index in [2.05, 4.69) is 5.32 Å². The van der Waals surface area contributed by atoms with Crippen molar-refractivity contribution >= 4 is 40.5 Å². The Kier molecular flexibility index (Phi) is 4.26. The summed E-state index contributed by atoms with van der Waals surface area (Å²) in [6.45, 7) is 0.180. The number of halogens is 2. The Morgan fingerprint density at radius 1 is 1.44 bits per heavy atom.